The number of aryl methyl sites for hydroxylation is 1. The first kappa shape index (κ1) is 14.2. The molecule has 1 aromatic rings. The van der Waals surface area contributed by atoms with Gasteiger partial charge in [0, 0.05) is 0 Å². The molecule has 1 aliphatic carbocycles. The zero-order valence-electron chi connectivity index (χ0n) is 11.8. The second-order valence-electron chi connectivity index (χ2n) is 4.78. The number of halogens is 1. The van der Waals surface area contributed by atoms with Gasteiger partial charge in [0.2, 0.25) is 0 Å². The molecule has 0 nitrogen and oxygen atoms in total. The van der Waals surface area contributed by atoms with Crippen LogP contribution < -0.4 is 0 Å². The lowest BCUT2D eigenvalue weighted by molar-refractivity contribution is 0.559. The van der Waals surface area contributed by atoms with Crippen molar-refractivity contribution in [3.05, 3.63) is 35.1 Å². The quantitative estimate of drug-likeness (QED) is 0.673. The Hall–Kier alpha value is -0.850. The summed E-state index contributed by atoms with van der Waals surface area (Å²) in [6.45, 7) is 10.3. The fourth-order valence-corrected chi connectivity index (χ4v) is 2.81. The molecule has 0 amide bonds. The monoisotopic (exact) mass is 236 g/mol. The number of hydrogen-bond donors (Lipinski definition) is 0. The van der Waals surface area contributed by atoms with Gasteiger partial charge in [0.1, 0.15) is 5.82 Å². The number of rotatable bonds is 3. The summed E-state index contributed by atoms with van der Waals surface area (Å²) in [4.78, 5) is 0. The molecule has 0 bridgehead atoms. The summed E-state index contributed by atoms with van der Waals surface area (Å²) in [7, 11) is 0. The van der Waals surface area contributed by atoms with E-state index in [-0.39, 0.29) is 5.82 Å². The molecule has 0 heterocycles. The van der Waals surface area contributed by atoms with E-state index in [1.807, 2.05) is 26.8 Å². The molecule has 2 atom stereocenters. The predicted octanol–water partition coefficient (Wildman–Crippen LogP) is 5.24. The summed E-state index contributed by atoms with van der Waals surface area (Å²) in [5.41, 5.74) is 2.25. The summed E-state index contributed by atoms with van der Waals surface area (Å²) in [5, 5.41) is 0. The molecular weight excluding hydrogens is 211 g/mol. The van der Waals surface area contributed by atoms with Crippen molar-refractivity contribution in [2.75, 3.05) is 0 Å². The molecule has 2 rings (SSSR count). The van der Waals surface area contributed by atoms with E-state index >= 15 is 0 Å². The van der Waals surface area contributed by atoms with E-state index in [0.29, 0.717) is 5.41 Å². The Labute approximate surface area is 105 Å². The largest absolute Gasteiger partial charge is 0.207 e. The van der Waals surface area contributed by atoms with Crippen LogP contribution in [0.5, 0.6) is 0 Å². The zero-order valence-corrected chi connectivity index (χ0v) is 11.8. The first-order valence-electron chi connectivity index (χ1n) is 6.90. The van der Waals surface area contributed by atoms with Crippen LogP contribution in [-0.2, 0) is 5.41 Å². The van der Waals surface area contributed by atoms with E-state index in [1.165, 1.54) is 18.4 Å². The van der Waals surface area contributed by atoms with Crippen LogP contribution in [-0.4, -0.2) is 0 Å². The van der Waals surface area contributed by atoms with Crippen LogP contribution in [0, 0.1) is 18.7 Å². The molecular formula is C16H25F. The fourth-order valence-electron chi connectivity index (χ4n) is 2.81. The first-order valence-corrected chi connectivity index (χ1v) is 6.90. The van der Waals surface area contributed by atoms with E-state index < -0.39 is 0 Å². The van der Waals surface area contributed by atoms with Crippen LogP contribution in [0.4, 0.5) is 4.39 Å². The summed E-state index contributed by atoms with van der Waals surface area (Å²) in [5.74, 6) is 0.715. The lowest BCUT2D eigenvalue weighted by atomic mass is 9.89. The number of benzene rings is 1. The van der Waals surface area contributed by atoms with Gasteiger partial charge in [-0.1, -0.05) is 46.2 Å². The van der Waals surface area contributed by atoms with E-state index in [1.54, 1.807) is 6.07 Å². The third kappa shape index (κ3) is 2.53. The predicted molar refractivity (Wildman–Crippen MR) is 72.9 cm³/mol. The summed E-state index contributed by atoms with van der Waals surface area (Å²) in [6.07, 6.45) is 3.58. The highest BCUT2D eigenvalue weighted by Crippen LogP contribution is 2.58. The molecule has 0 N–H and O–H groups in total. The molecule has 17 heavy (non-hydrogen) atoms. The highest BCUT2D eigenvalue weighted by Gasteiger charge is 2.52. The Kier molecular flexibility index (Phi) is 4.73. The minimum atomic E-state index is -0.0536. The molecule has 0 saturated heterocycles. The maximum absolute atomic E-state index is 13.5. The second kappa shape index (κ2) is 5.66. The Morgan fingerprint density at radius 2 is 1.94 bits per heavy atom. The molecule has 0 spiro atoms. The Morgan fingerprint density at radius 3 is 2.35 bits per heavy atom. The van der Waals surface area contributed by atoms with Crippen LogP contribution in [0.25, 0.3) is 0 Å². The van der Waals surface area contributed by atoms with Gasteiger partial charge >= 0.3 is 0 Å². The summed E-state index contributed by atoms with van der Waals surface area (Å²) >= 11 is 0. The molecule has 1 heteroatoms. The average Bonchev–Trinajstić information content (AvgIpc) is 3.10. The topological polar surface area (TPSA) is 0 Å². The van der Waals surface area contributed by atoms with Gasteiger partial charge in [0.25, 0.3) is 0 Å². The molecule has 1 fully saturated rings. The normalized spacial score (nSPS) is 26.1. The van der Waals surface area contributed by atoms with Crippen LogP contribution >= 0.6 is 0 Å². The summed E-state index contributed by atoms with van der Waals surface area (Å²) in [6, 6.07) is 5.76. The van der Waals surface area contributed by atoms with Gasteiger partial charge in [-0.05, 0) is 48.3 Å². The van der Waals surface area contributed by atoms with Crippen molar-refractivity contribution >= 4 is 0 Å². The molecule has 1 aromatic carbocycles. The van der Waals surface area contributed by atoms with Gasteiger partial charge < -0.3 is 0 Å². The van der Waals surface area contributed by atoms with Gasteiger partial charge in [-0.15, -0.1) is 0 Å². The highest BCUT2D eigenvalue weighted by molar-refractivity contribution is 5.36. The lowest BCUT2D eigenvalue weighted by Crippen LogP contribution is -2.09. The van der Waals surface area contributed by atoms with E-state index in [2.05, 4.69) is 19.9 Å². The van der Waals surface area contributed by atoms with Crippen molar-refractivity contribution in [1.82, 2.24) is 0 Å². The Bertz CT molecular complexity index is 370. The van der Waals surface area contributed by atoms with Crippen molar-refractivity contribution in [2.45, 2.75) is 59.3 Å². The zero-order chi connectivity index (χ0) is 13.1. The van der Waals surface area contributed by atoms with E-state index in [0.717, 1.165) is 17.9 Å². The fraction of sp³-hybridized carbons (Fsp3) is 0.625. The van der Waals surface area contributed by atoms with E-state index in [9.17, 15) is 4.39 Å². The molecule has 0 aliphatic heterocycles. The van der Waals surface area contributed by atoms with Gasteiger partial charge in [0.15, 0.2) is 0 Å². The van der Waals surface area contributed by atoms with Gasteiger partial charge in [0.05, 0.1) is 0 Å². The molecule has 0 aromatic heterocycles. The van der Waals surface area contributed by atoms with Crippen molar-refractivity contribution in [3.63, 3.8) is 0 Å². The second-order valence-corrected chi connectivity index (χ2v) is 4.78. The minimum Gasteiger partial charge on any atom is -0.207 e. The van der Waals surface area contributed by atoms with Gasteiger partial charge in [-0.2, -0.15) is 0 Å². The molecule has 0 radical (unpaired) electrons. The van der Waals surface area contributed by atoms with Gasteiger partial charge in [-0.25, -0.2) is 4.39 Å². The van der Waals surface area contributed by atoms with Crippen molar-refractivity contribution in [3.8, 4) is 0 Å². The first-order chi connectivity index (χ1) is 8.14. The lowest BCUT2D eigenvalue weighted by Gasteiger charge is -2.16. The SMILES string of the molecule is CC.CC[C@@H]1CC1(CC)c1ccc(C)c(F)c1. The average molecular weight is 236 g/mol. The van der Waals surface area contributed by atoms with Crippen molar-refractivity contribution < 1.29 is 4.39 Å². The van der Waals surface area contributed by atoms with Gasteiger partial charge in [-0.3, -0.25) is 0 Å². The molecule has 1 saturated carbocycles. The number of hydrogen-bond acceptors (Lipinski definition) is 0. The van der Waals surface area contributed by atoms with Crippen LogP contribution in [0.15, 0.2) is 18.2 Å². The standard InChI is InChI=1S/C14H19F.C2H6/c1-4-11-9-14(11,5-2)12-7-6-10(3)13(15)8-12;1-2/h6-8,11H,4-5,9H2,1-3H3;1-2H3/t11-,14?;/m1./s1. The Morgan fingerprint density at radius 1 is 1.29 bits per heavy atom. The summed E-state index contributed by atoms with van der Waals surface area (Å²) < 4.78 is 13.5. The smallest absolute Gasteiger partial charge is 0.126 e. The maximum Gasteiger partial charge on any atom is 0.126 e. The highest BCUT2D eigenvalue weighted by atomic mass is 19.1. The third-order valence-electron chi connectivity index (χ3n) is 4.10. The van der Waals surface area contributed by atoms with Crippen molar-refractivity contribution in [1.29, 1.82) is 0 Å². The molecule has 96 valence electrons. The van der Waals surface area contributed by atoms with Crippen LogP contribution in [0.1, 0.15) is 58.1 Å². The Balaban J connectivity index is 0.000000686. The van der Waals surface area contributed by atoms with E-state index in [4.69, 9.17) is 0 Å². The third-order valence-corrected chi connectivity index (χ3v) is 4.10. The minimum absolute atomic E-state index is 0.0536. The molecule has 1 aliphatic rings. The van der Waals surface area contributed by atoms with Crippen LogP contribution in [0.2, 0.25) is 0 Å². The maximum atomic E-state index is 13.5. The van der Waals surface area contributed by atoms with Crippen LogP contribution in [0.3, 0.4) is 0 Å². The van der Waals surface area contributed by atoms with Crippen molar-refractivity contribution in [2.24, 2.45) is 5.92 Å². The molecule has 1 unspecified atom stereocenters.